The van der Waals surface area contributed by atoms with Crippen LogP contribution >= 0.6 is 0 Å². The van der Waals surface area contributed by atoms with E-state index in [9.17, 15) is 4.79 Å². The highest BCUT2D eigenvalue weighted by Crippen LogP contribution is 2.02. The van der Waals surface area contributed by atoms with Crippen LogP contribution in [0.1, 0.15) is 33.6 Å². The predicted octanol–water partition coefficient (Wildman–Crippen LogP) is 1.23. The monoisotopic (exact) mass is 186 g/mol. The molecule has 0 radical (unpaired) electrons. The maximum absolute atomic E-state index is 11.7. The molecule has 2 N–H and O–H groups in total. The van der Waals surface area contributed by atoms with E-state index in [-0.39, 0.29) is 11.8 Å². The van der Waals surface area contributed by atoms with Crippen LogP contribution in [0.3, 0.4) is 0 Å². The van der Waals surface area contributed by atoms with Gasteiger partial charge >= 0.3 is 0 Å². The molecule has 1 atom stereocenters. The number of hydrogen-bond acceptors (Lipinski definition) is 2. The lowest BCUT2D eigenvalue weighted by Gasteiger charge is -2.23. The lowest BCUT2D eigenvalue weighted by Crippen LogP contribution is -2.38. The van der Waals surface area contributed by atoms with Gasteiger partial charge in [-0.05, 0) is 13.3 Å². The van der Waals surface area contributed by atoms with Gasteiger partial charge in [-0.1, -0.05) is 20.3 Å². The van der Waals surface area contributed by atoms with Crippen molar-refractivity contribution in [1.82, 2.24) is 4.90 Å². The summed E-state index contributed by atoms with van der Waals surface area (Å²) in [4.78, 5) is 13.5. The number of carbonyl (C=O) groups excluding carboxylic acids is 1. The van der Waals surface area contributed by atoms with Crippen LogP contribution in [0.15, 0.2) is 0 Å². The van der Waals surface area contributed by atoms with E-state index in [4.69, 9.17) is 5.73 Å². The van der Waals surface area contributed by atoms with E-state index in [1.54, 1.807) is 0 Å². The number of rotatable bonds is 6. The molecule has 0 aromatic carbocycles. The molecule has 78 valence electrons. The Kier molecular flexibility index (Phi) is 6.59. The number of nitrogens with two attached hydrogens (primary N) is 1. The van der Waals surface area contributed by atoms with Crippen LogP contribution in [0.2, 0.25) is 0 Å². The fourth-order valence-electron chi connectivity index (χ4n) is 1.19. The molecular weight excluding hydrogens is 164 g/mol. The summed E-state index contributed by atoms with van der Waals surface area (Å²) in [6, 6.07) is 0. The summed E-state index contributed by atoms with van der Waals surface area (Å²) in [5.41, 5.74) is 5.45. The normalized spacial score (nSPS) is 12.6. The van der Waals surface area contributed by atoms with Crippen molar-refractivity contribution in [3.8, 4) is 0 Å². The molecule has 1 amide bonds. The Balaban J connectivity index is 3.98. The molecule has 0 heterocycles. The molecule has 0 bridgehead atoms. The van der Waals surface area contributed by atoms with E-state index >= 15 is 0 Å². The number of hydrogen-bond donors (Lipinski definition) is 1. The van der Waals surface area contributed by atoms with Crippen molar-refractivity contribution < 1.29 is 4.79 Å². The Morgan fingerprint density at radius 2 is 2.08 bits per heavy atom. The van der Waals surface area contributed by atoms with Crippen LogP contribution < -0.4 is 5.73 Å². The van der Waals surface area contributed by atoms with E-state index in [1.807, 2.05) is 18.7 Å². The molecule has 1 unspecified atom stereocenters. The molecule has 0 fully saturated rings. The van der Waals surface area contributed by atoms with E-state index in [0.29, 0.717) is 6.54 Å². The lowest BCUT2D eigenvalue weighted by atomic mass is 10.1. The molecule has 0 saturated heterocycles. The third kappa shape index (κ3) is 4.27. The Morgan fingerprint density at radius 3 is 2.46 bits per heavy atom. The van der Waals surface area contributed by atoms with Crippen LogP contribution in [0.25, 0.3) is 0 Å². The van der Waals surface area contributed by atoms with Crippen molar-refractivity contribution in [2.75, 3.05) is 19.6 Å². The van der Waals surface area contributed by atoms with Crippen LogP contribution in [-0.4, -0.2) is 30.4 Å². The SMILES string of the molecule is CCCCN(CC)C(=O)C(C)CN. The zero-order chi connectivity index (χ0) is 10.3. The van der Waals surface area contributed by atoms with Crippen molar-refractivity contribution in [3.63, 3.8) is 0 Å². The highest BCUT2D eigenvalue weighted by atomic mass is 16.2. The van der Waals surface area contributed by atoms with Gasteiger partial charge in [-0.25, -0.2) is 0 Å². The third-order valence-corrected chi connectivity index (χ3v) is 2.25. The van der Waals surface area contributed by atoms with E-state index < -0.39 is 0 Å². The third-order valence-electron chi connectivity index (χ3n) is 2.25. The fraction of sp³-hybridized carbons (Fsp3) is 0.900. The van der Waals surface area contributed by atoms with E-state index in [2.05, 4.69) is 6.92 Å². The largest absolute Gasteiger partial charge is 0.343 e. The van der Waals surface area contributed by atoms with Crippen molar-refractivity contribution >= 4 is 5.91 Å². The van der Waals surface area contributed by atoms with Gasteiger partial charge in [-0.2, -0.15) is 0 Å². The maximum Gasteiger partial charge on any atom is 0.226 e. The van der Waals surface area contributed by atoms with Gasteiger partial charge in [0.2, 0.25) is 5.91 Å². The Hall–Kier alpha value is -0.570. The number of nitrogens with zero attached hydrogens (tertiary/aromatic N) is 1. The van der Waals surface area contributed by atoms with Crippen LogP contribution in [0, 0.1) is 5.92 Å². The first-order valence-corrected chi connectivity index (χ1v) is 5.16. The average molecular weight is 186 g/mol. The van der Waals surface area contributed by atoms with Gasteiger partial charge < -0.3 is 10.6 Å². The zero-order valence-corrected chi connectivity index (χ0v) is 9.05. The molecule has 0 aromatic rings. The summed E-state index contributed by atoms with van der Waals surface area (Å²) in [6.45, 7) is 8.14. The molecule has 3 heteroatoms. The van der Waals surface area contributed by atoms with Gasteiger partial charge in [0.15, 0.2) is 0 Å². The molecule has 0 aromatic heterocycles. The molecule has 0 saturated carbocycles. The number of amides is 1. The maximum atomic E-state index is 11.7. The number of carbonyl (C=O) groups is 1. The van der Waals surface area contributed by atoms with Crippen LogP contribution in [-0.2, 0) is 4.79 Å². The first kappa shape index (κ1) is 12.4. The van der Waals surface area contributed by atoms with Gasteiger partial charge in [0.25, 0.3) is 0 Å². The van der Waals surface area contributed by atoms with Gasteiger partial charge in [0, 0.05) is 25.6 Å². The number of unbranched alkanes of at least 4 members (excludes halogenated alkanes) is 1. The summed E-state index contributed by atoms with van der Waals surface area (Å²) in [7, 11) is 0. The van der Waals surface area contributed by atoms with E-state index in [1.165, 1.54) is 0 Å². The molecule has 0 aliphatic heterocycles. The zero-order valence-electron chi connectivity index (χ0n) is 9.05. The second kappa shape index (κ2) is 6.89. The van der Waals surface area contributed by atoms with Crippen molar-refractivity contribution in [2.24, 2.45) is 11.7 Å². The second-order valence-electron chi connectivity index (χ2n) is 3.41. The summed E-state index contributed by atoms with van der Waals surface area (Å²) in [6.07, 6.45) is 2.21. The second-order valence-corrected chi connectivity index (χ2v) is 3.41. The highest BCUT2D eigenvalue weighted by Gasteiger charge is 2.16. The van der Waals surface area contributed by atoms with Gasteiger partial charge in [-0.3, -0.25) is 4.79 Å². The van der Waals surface area contributed by atoms with Crippen molar-refractivity contribution in [2.45, 2.75) is 33.6 Å². The minimum Gasteiger partial charge on any atom is -0.343 e. The first-order valence-electron chi connectivity index (χ1n) is 5.16. The van der Waals surface area contributed by atoms with Crippen molar-refractivity contribution in [3.05, 3.63) is 0 Å². The lowest BCUT2D eigenvalue weighted by molar-refractivity contribution is -0.134. The van der Waals surface area contributed by atoms with Gasteiger partial charge in [-0.15, -0.1) is 0 Å². The van der Waals surface area contributed by atoms with Gasteiger partial charge in [0.1, 0.15) is 0 Å². The topological polar surface area (TPSA) is 46.3 Å². The minimum absolute atomic E-state index is 0.0307. The van der Waals surface area contributed by atoms with Crippen molar-refractivity contribution in [1.29, 1.82) is 0 Å². The Labute approximate surface area is 81.3 Å². The standard InChI is InChI=1S/C10H22N2O/c1-4-6-7-12(5-2)10(13)9(3)8-11/h9H,4-8,11H2,1-3H3. The smallest absolute Gasteiger partial charge is 0.226 e. The fourth-order valence-corrected chi connectivity index (χ4v) is 1.19. The first-order chi connectivity index (χ1) is 6.17. The predicted molar refractivity (Wildman–Crippen MR) is 55.4 cm³/mol. The molecule has 13 heavy (non-hydrogen) atoms. The van der Waals surface area contributed by atoms with Gasteiger partial charge in [0.05, 0.1) is 0 Å². The Morgan fingerprint density at radius 1 is 1.46 bits per heavy atom. The highest BCUT2D eigenvalue weighted by molar-refractivity contribution is 5.78. The average Bonchev–Trinajstić information content (AvgIpc) is 2.17. The van der Waals surface area contributed by atoms with Crippen LogP contribution in [0.4, 0.5) is 0 Å². The Bertz CT molecular complexity index is 148. The molecule has 3 nitrogen and oxygen atoms in total. The van der Waals surface area contributed by atoms with E-state index in [0.717, 1.165) is 25.9 Å². The molecule has 0 aliphatic carbocycles. The molecule has 0 aliphatic rings. The van der Waals surface area contributed by atoms with Crippen LogP contribution in [0.5, 0.6) is 0 Å². The summed E-state index contributed by atoms with van der Waals surface area (Å²) in [5, 5.41) is 0. The summed E-state index contributed by atoms with van der Waals surface area (Å²) >= 11 is 0. The summed E-state index contributed by atoms with van der Waals surface area (Å²) < 4.78 is 0. The molecular formula is C10H22N2O. The molecule has 0 spiro atoms. The molecule has 0 rings (SSSR count). The quantitative estimate of drug-likeness (QED) is 0.678. The summed E-state index contributed by atoms with van der Waals surface area (Å²) in [5.74, 6) is 0.162. The minimum atomic E-state index is -0.0307.